The number of halogens is 1. The second-order valence-electron chi connectivity index (χ2n) is 3.08. The third kappa shape index (κ3) is 2.87. The van der Waals surface area contributed by atoms with E-state index in [1.54, 1.807) is 19.1 Å². The predicted molar refractivity (Wildman–Crippen MR) is 60.7 cm³/mol. The van der Waals surface area contributed by atoms with Crippen molar-refractivity contribution in [2.45, 2.75) is 11.8 Å². The largest absolute Gasteiger partial charge is 0.293 e. The van der Waals surface area contributed by atoms with Crippen LogP contribution in [0.25, 0.3) is 0 Å². The molecule has 0 aliphatic rings. The summed E-state index contributed by atoms with van der Waals surface area (Å²) in [4.78, 5) is 11.3. The Labute approximate surface area is 96.7 Å². The molecule has 0 aliphatic carbocycles. The summed E-state index contributed by atoms with van der Waals surface area (Å²) in [5, 5.41) is 5.17. The van der Waals surface area contributed by atoms with Gasteiger partial charge in [-0.05, 0) is 18.6 Å². The minimum Gasteiger partial charge on any atom is -0.293 e. The number of primary sulfonamides is 1. The van der Waals surface area contributed by atoms with Crippen LogP contribution in [0, 0.1) is 6.92 Å². The van der Waals surface area contributed by atoms with E-state index >= 15 is 0 Å². The van der Waals surface area contributed by atoms with Gasteiger partial charge in [0.25, 0.3) is 0 Å². The molecular weight excluding hydrogens is 282 g/mol. The molecule has 0 bridgehead atoms. The number of carbonyl (C=O) groups is 1. The molecule has 0 fully saturated rings. The van der Waals surface area contributed by atoms with E-state index in [0.29, 0.717) is 11.1 Å². The highest BCUT2D eigenvalue weighted by Gasteiger charge is 2.14. The maximum Gasteiger partial charge on any atom is 0.238 e. The Morgan fingerprint density at radius 1 is 1.47 bits per heavy atom. The molecule has 0 amide bonds. The van der Waals surface area contributed by atoms with Crippen LogP contribution >= 0.6 is 15.9 Å². The minimum atomic E-state index is -3.77. The van der Waals surface area contributed by atoms with Gasteiger partial charge in [0.2, 0.25) is 10.0 Å². The van der Waals surface area contributed by atoms with Gasteiger partial charge < -0.3 is 0 Å². The van der Waals surface area contributed by atoms with Gasteiger partial charge in [-0.1, -0.05) is 28.1 Å². The molecule has 0 saturated heterocycles. The van der Waals surface area contributed by atoms with Crippen LogP contribution in [0.1, 0.15) is 15.9 Å². The molecule has 0 atom stereocenters. The number of Topliss-reactive ketones (excluding diaryl/α,β-unsaturated/α-hetero) is 1. The average Bonchev–Trinajstić information content (AvgIpc) is 2.15. The molecule has 4 nitrogen and oxygen atoms in total. The van der Waals surface area contributed by atoms with Crippen molar-refractivity contribution in [3.8, 4) is 0 Å². The zero-order chi connectivity index (χ0) is 11.6. The van der Waals surface area contributed by atoms with Gasteiger partial charge in [0.15, 0.2) is 5.78 Å². The van der Waals surface area contributed by atoms with Gasteiger partial charge in [0.05, 0.1) is 10.2 Å². The van der Waals surface area contributed by atoms with Crippen molar-refractivity contribution in [1.29, 1.82) is 0 Å². The van der Waals surface area contributed by atoms with Crippen LogP contribution < -0.4 is 5.14 Å². The van der Waals surface area contributed by atoms with E-state index in [1.807, 2.05) is 0 Å². The zero-order valence-corrected chi connectivity index (χ0v) is 10.4. The third-order valence-corrected chi connectivity index (χ3v) is 3.50. The van der Waals surface area contributed by atoms with Gasteiger partial charge in [-0.2, -0.15) is 0 Å². The molecule has 0 aromatic heterocycles. The van der Waals surface area contributed by atoms with Crippen LogP contribution in [0.2, 0.25) is 0 Å². The SMILES string of the molecule is Cc1ccc(C(=O)CBr)cc1S(N)(=O)=O. The molecular formula is C9H10BrNO3S. The summed E-state index contributed by atoms with van der Waals surface area (Å²) in [6, 6.07) is 4.44. The Hall–Kier alpha value is -0.720. The Kier molecular flexibility index (Phi) is 3.64. The van der Waals surface area contributed by atoms with Crippen molar-refractivity contribution >= 4 is 31.7 Å². The summed E-state index contributed by atoms with van der Waals surface area (Å²) < 4.78 is 22.3. The molecule has 82 valence electrons. The van der Waals surface area contributed by atoms with Gasteiger partial charge in [-0.3, -0.25) is 4.79 Å². The fourth-order valence-corrected chi connectivity index (χ4v) is 2.29. The molecule has 0 spiro atoms. The molecule has 0 saturated carbocycles. The molecule has 2 N–H and O–H groups in total. The third-order valence-electron chi connectivity index (χ3n) is 1.94. The lowest BCUT2D eigenvalue weighted by atomic mass is 10.1. The molecule has 0 heterocycles. The van der Waals surface area contributed by atoms with Crippen LogP contribution in [0.15, 0.2) is 23.1 Å². The van der Waals surface area contributed by atoms with Crippen LogP contribution in [-0.4, -0.2) is 19.5 Å². The maximum atomic E-state index is 11.3. The van der Waals surface area contributed by atoms with Crippen LogP contribution in [0.4, 0.5) is 0 Å². The molecule has 1 aromatic carbocycles. The number of ketones is 1. The highest BCUT2D eigenvalue weighted by atomic mass is 79.9. The number of sulfonamides is 1. The lowest BCUT2D eigenvalue weighted by Gasteiger charge is -2.05. The number of hydrogen-bond donors (Lipinski definition) is 1. The van der Waals surface area contributed by atoms with Gasteiger partial charge in [0.1, 0.15) is 0 Å². The summed E-state index contributed by atoms with van der Waals surface area (Å²) in [7, 11) is -3.77. The Balaban J connectivity index is 3.36. The summed E-state index contributed by atoms with van der Waals surface area (Å²) >= 11 is 3.01. The first kappa shape index (κ1) is 12.4. The Morgan fingerprint density at radius 2 is 2.07 bits per heavy atom. The number of rotatable bonds is 3. The van der Waals surface area contributed by atoms with Crippen LogP contribution in [0.3, 0.4) is 0 Å². The lowest BCUT2D eigenvalue weighted by molar-refractivity contribution is 0.102. The van der Waals surface area contributed by atoms with E-state index < -0.39 is 10.0 Å². The molecule has 1 rings (SSSR count). The number of benzene rings is 1. The first-order chi connectivity index (χ1) is 6.86. The Bertz CT molecular complexity index is 496. The maximum absolute atomic E-state index is 11.3. The molecule has 6 heteroatoms. The van der Waals surface area contributed by atoms with Crippen molar-refractivity contribution < 1.29 is 13.2 Å². The topological polar surface area (TPSA) is 77.2 Å². The molecule has 1 aromatic rings. The van der Waals surface area contributed by atoms with Gasteiger partial charge in [-0.15, -0.1) is 0 Å². The second kappa shape index (κ2) is 4.42. The number of hydrogen-bond acceptors (Lipinski definition) is 3. The molecule has 0 aliphatic heterocycles. The van der Waals surface area contributed by atoms with Gasteiger partial charge in [0, 0.05) is 5.56 Å². The summed E-state index contributed by atoms with van der Waals surface area (Å²) in [5.41, 5.74) is 0.866. The normalized spacial score (nSPS) is 11.4. The summed E-state index contributed by atoms with van der Waals surface area (Å²) in [6.45, 7) is 1.63. The smallest absolute Gasteiger partial charge is 0.238 e. The fourth-order valence-electron chi connectivity index (χ4n) is 1.16. The van der Waals surface area contributed by atoms with Gasteiger partial charge in [-0.25, -0.2) is 13.6 Å². The lowest BCUT2D eigenvalue weighted by Crippen LogP contribution is -2.14. The van der Waals surface area contributed by atoms with Crippen molar-refractivity contribution in [2.75, 3.05) is 5.33 Å². The summed E-state index contributed by atoms with van der Waals surface area (Å²) in [6.07, 6.45) is 0. The monoisotopic (exact) mass is 291 g/mol. The quantitative estimate of drug-likeness (QED) is 0.672. The number of alkyl halides is 1. The number of carbonyl (C=O) groups excluding carboxylic acids is 1. The standard InChI is InChI=1S/C9H10BrNO3S/c1-6-2-3-7(8(12)5-10)4-9(6)15(11,13)14/h2-4H,5H2,1H3,(H2,11,13,14). The van der Waals surface area contributed by atoms with E-state index in [4.69, 9.17) is 5.14 Å². The highest BCUT2D eigenvalue weighted by molar-refractivity contribution is 9.09. The first-order valence-electron chi connectivity index (χ1n) is 4.09. The fraction of sp³-hybridized carbons (Fsp3) is 0.222. The van der Waals surface area contributed by atoms with E-state index in [9.17, 15) is 13.2 Å². The van der Waals surface area contributed by atoms with Crippen molar-refractivity contribution in [3.63, 3.8) is 0 Å². The van der Waals surface area contributed by atoms with E-state index in [-0.39, 0.29) is 16.0 Å². The minimum absolute atomic E-state index is 0.00528. The number of nitrogens with two attached hydrogens (primary N) is 1. The van der Waals surface area contributed by atoms with Crippen molar-refractivity contribution in [2.24, 2.45) is 5.14 Å². The van der Waals surface area contributed by atoms with Gasteiger partial charge >= 0.3 is 0 Å². The first-order valence-corrected chi connectivity index (χ1v) is 6.75. The van der Waals surface area contributed by atoms with E-state index in [2.05, 4.69) is 15.9 Å². The van der Waals surface area contributed by atoms with E-state index in [0.717, 1.165) is 0 Å². The van der Waals surface area contributed by atoms with E-state index in [1.165, 1.54) is 6.07 Å². The summed E-state index contributed by atoms with van der Waals surface area (Å²) in [5.74, 6) is -0.181. The van der Waals surface area contributed by atoms with Crippen LogP contribution in [-0.2, 0) is 10.0 Å². The number of aryl methyl sites for hydroxylation is 1. The molecule has 0 unspecified atom stereocenters. The van der Waals surface area contributed by atoms with Crippen molar-refractivity contribution in [1.82, 2.24) is 0 Å². The second-order valence-corrected chi connectivity index (χ2v) is 5.17. The van der Waals surface area contributed by atoms with Crippen molar-refractivity contribution in [3.05, 3.63) is 29.3 Å². The highest BCUT2D eigenvalue weighted by Crippen LogP contribution is 2.16. The molecule has 0 radical (unpaired) electrons. The molecule has 15 heavy (non-hydrogen) atoms. The van der Waals surface area contributed by atoms with Crippen LogP contribution in [0.5, 0.6) is 0 Å². The predicted octanol–water partition coefficient (Wildman–Crippen LogP) is 1.22. The average molecular weight is 292 g/mol. The Morgan fingerprint density at radius 3 is 2.53 bits per heavy atom. The zero-order valence-electron chi connectivity index (χ0n) is 8.03.